The number of anilines is 1. The molecule has 8 nitrogen and oxygen atoms in total. The van der Waals surface area contributed by atoms with Gasteiger partial charge >= 0.3 is 0 Å². The third-order valence-corrected chi connectivity index (χ3v) is 4.97. The summed E-state index contributed by atoms with van der Waals surface area (Å²) in [7, 11) is 6.53. The maximum absolute atomic E-state index is 5.53. The Morgan fingerprint density at radius 2 is 1.93 bits per heavy atom. The Balaban J connectivity index is 1.79. The van der Waals surface area contributed by atoms with Crippen LogP contribution >= 0.6 is 0 Å². The van der Waals surface area contributed by atoms with Crippen LogP contribution in [0.5, 0.6) is 17.2 Å². The van der Waals surface area contributed by atoms with Crippen molar-refractivity contribution in [2.75, 3.05) is 66.5 Å². The van der Waals surface area contributed by atoms with Crippen molar-refractivity contribution in [3.63, 3.8) is 0 Å². The zero-order valence-corrected chi connectivity index (χ0v) is 16.4. The van der Waals surface area contributed by atoms with Crippen molar-refractivity contribution >= 4 is 16.7 Å². The summed E-state index contributed by atoms with van der Waals surface area (Å²) in [6.07, 6.45) is 2.71. The lowest BCUT2D eigenvalue weighted by Crippen LogP contribution is -2.26. The molecule has 1 saturated heterocycles. The highest BCUT2D eigenvalue weighted by Crippen LogP contribution is 2.43. The Hall–Kier alpha value is -2.32. The van der Waals surface area contributed by atoms with E-state index < -0.39 is 0 Å². The molecule has 3 rings (SSSR count). The van der Waals surface area contributed by atoms with E-state index >= 15 is 0 Å². The standard InChI is InChI=1S/C19H28N4O4/c1-24-8-7-23-6-5-13(11-23)10-20-19-14-9-15(25-2)17(26-3)18(27-4)16(14)21-12-22-19/h9,12-13H,5-8,10-11H2,1-4H3,(H,20,21,22). The second kappa shape index (κ2) is 9.05. The van der Waals surface area contributed by atoms with Crippen LogP contribution in [0, 0.1) is 5.92 Å². The average molecular weight is 376 g/mol. The first-order valence-electron chi connectivity index (χ1n) is 9.10. The first kappa shape index (κ1) is 19.4. The molecule has 1 aliphatic rings. The largest absolute Gasteiger partial charge is 0.493 e. The number of nitrogens with one attached hydrogen (secondary N) is 1. The quantitative estimate of drug-likeness (QED) is 0.712. The van der Waals surface area contributed by atoms with Crippen LogP contribution in [-0.2, 0) is 4.74 Å². The summed E-state index contributed by atoms with van der Waals surface area (Å²) in [5, 5.41) is 4.33. The van der Waals surface area contributed by atoms with Crippen LogP contribution in [0.4, 0.5) is 5.82 Å². The minimum atomic E-state index is 0.529. The second-order valence-corrected chi connectivity index (χ2v) is 6.59. The van der Waals surface area contributed by atoms with Gasteiger partial charge in [-0.15, -0.1) is 0 Å². The Kier molecular flexibility index (Phi) is 6.52. The highest BCUT2D eigenvalue weighted by Gasteiger charge is 2.23. The molecule has 0 amide bonds. The van der Waals surface area contributed by atoms with Gasteiger partial charge in [0.25, 0.3) is 0 Å². The molecular formula is C19H28N4O4. The first-order valence-corrected chi connectivity index (χ1v) is 9.10. The highest BCUT2D eigenvalue weighted by atomic mass is 16.5. The summed E-state index contributed by atoms with van der Waals surface area (Å²) in [5.41, 5.74) is 0.695. The molecule has 0 radical (unpaired) electrons. The van der Waals surface area contributed by atoms with Gasteiger partial charge in [-0.2, -0.15) is 0 Å². The summed E-state index contributed by atoms with van der Waals surface area (Å²) in [4.78, 5) is 11.3. The Labute approximate surface area is 159 Å². The predicted octanol–water partition coefficient (Wildman–Crippen LogP) is 2.04. The summed E-state index contributed by atoms with van der Waals surface area (Å²) in [6, 6.07) is 1.89. The maximum atomic E-state index is 5.53. The molecule has 0 spiro atoms. The fourth-order valence-electron chi connectivity index (χ4n) is 3.55. The van der Waals surface area contributed by atoms with Crippen LogP contribution in [0.3, 0.4) is 0 Å². The SMILES string of the molecule is COCCN1CCC(CNc2ncnc3c(OC)c(OC)c(OC)cc23)C1. The number of rotatable bonds is 9. The molecule has 1 aromatic carbocycles. The maximum Gasteiger partial charge on any atom is 0.205 e. The molecule has 1 aliphatic heterocycles. The van der Waals surface area contributed by atoms with Crippen LogP contribution < -0.4 is 19.5 Å². The van der Waals surface area contributed by atoms with E-state index in [4.69, 9.17) is 18.9 Å². The number of nitrogens with zero attached hydrogens (tertiary/aromatic N) is 3. The molecule has 2 heterocycles. The zero-order valence-electron chi connectivity index (χ0n) is 16.4. The van der Waals surface area contributed by atoms with E-state index in [1.807, 2.05) is 6.07 Å². The van der Waals surface area contributed by atoms with Gasteiger partial charge in [0, 0.05) is 26.7 Å². The van der Waals surface area contributed by atoms with Gasteiger partial charge < -0.3 is 29.2 Å². The van der Waals surface area contributed by atoms with Crippen molar-refractivity contribution in [2.45, 2.75) is 6.42 Å². The molecule has 2 aromatic rings. The molecule has 8 heteroatoms. The van der Waals surface area contributed by atoms with E-state index in [1.165, 1.54) is 6.42 Å². The number of methoxy groups -OCH3 is 4. The molecule has 0 bridgehead atoms. The van der Waals surface area contributed by atoms with Gasteiger partial charge in [-0.3, -0.25) is 0 Å². The summed E-state index contributed by atoms with van der Waals surface area (Å²) in [6.45, 7) is 4.79. The average Bonchev–Trinajstić information content (AvgIpc) is 3.16. The van der Waals surface area contributed by atoms with E-state index in [1.54, 1.807) is 34.8 Å². The lowest BCUT2D eigenvalue weighted by molar-refractivity contribution is 0.159. The number of hydrogen-bond acceptors (Lipinski definition) is 8. The molecular weight excluding hydrogens is 348 g/mol. The normalized spacial score (nSPS) is 17.3. The summed E-state index contributed by atoms with van der Waals surface area (Å²) < 4.78 is 21.6. The van der Waals surface area contributed by atoms with Crippen molar-refractivity contribution in [3.8, 4) is 17.2 Å². The minimum Gasteiger partial charge on any atom is -0.493 e. The van der Waals surface area contributed by atoms with Crippen molar-refractivity contribution < 1.29 is 18.9 Å². The van der Waals surface area contributed by atoms with E-state index in [-0.39, 0.29) is 0 Å². The lowest BCUT2D eigenvalue weighted by Gasteiger charge is -2.17. The third kappa shape index (κ3) is 4.17. The number of fused-ring (bicyclic) bond motifs is 1. The zero-order chi connectivity index (χ0) is 19.2. The van der Waals surface area contributed by atoms with Crippen molar-refractivity contribution in [3.05, 3.63) is 12.4 Å². The van der Waals surface area contributed by atoms with E-state index in [0.29, 0.717) is 28.7 Å². The van der Waals surface area contributed by atoms with Crippen LogP contribution in [0.2, 0.25) is 0 Å². The van der Waals surface area contributed by atoms with Gasteiger partial charge in [-0.25, -0.2) is 9.97 Å². The van der Waals surface area contributed by atoms with Crippen LogP contribution in [0.1, 0.15) is 6.42 Å². The second-order valence-electron chi connectivity index (χ2n) is 6.59. The monoisotopic (exact) mass is 376 g/mol. The molecule has 1 atom stereocenters. The molecule has 1 fully saturated rings. The predicted molar refractivity (Wildman–Crippen MR) is 104 cm³/mol. The Morgan fingerprint density at radius 1 is 1.11 bits per heavy atom. The van der Waals surface area contributed by atoms with Gasteiger partial charge in [-0.1, -0.05) is 0 Å². The Bertz CT molecular complexity index is 771. The molecule has 0 aliphatic carbocycles. The van der Waals surface area contributed by atoms with Crippen LogP contribution in [0.25, 0.3) is 10.9 Å². The van der Waals surface area contributed by atoms with Crippen LogP contribution in [0.15, 0.2) is 12.4 Å². The highest BCUT2D eigenvalue weighted by molar-refractivity contribution is 5.96. The molecule has 1 unspecified atom stereocenters. The van der Waals surface area contributed by atoms with Gasteiger partial charge in [0.05, 0.1) is 33.3 Å². The third-order valence-electron chi connectivity index (χ3n) is 4.97. The van der Waals surface area contributed by atoms with Crippen molar-refractivity contribution in [1.29, 1.82) is 0 Å². The topological polar surface area (TPSA) is 78.0 Å². The molecule has 1 N–H and O–H groups in total. The number of benzene rings is 1. The van der Waals surface area contributed by atoms with Gasteiger partial charge in [-0.05, 0) is 24.9 Å². The molecule has 0 saturated carbocycles. The minimum absolute atomic E-state index is 0.529. The first-order chi connectivity index (χ1) is 13.2. The molecule has 27 heavy (non-hydrogen) atoms. The summed E-state index contributed by atoms with van der Waals surface area (Å²) >= 11 is 0. The van der Waals surface area contributed by atoms with E-state index in [9.17, 15) is 0 Å². The van der Waals surface area contributed by atoms with E-state index in [0.717, 1.165) is 44.0 Å². The number of ether oxygens (including phenoxy) is 4. The van der Waals surface area contributed by atoms with Crippen LogP contribution in [-0.4, -0.2) is 76.1 Å². The number of hydrogen-bond donors (Lipinski definition) is 1. The van der Waals surface area contributed by atoms with Gasteiger partial charge in [0.1, 0.15) is 17.7 Å². The molecule has 148 valence electrons. The van der Waals surface area contributed by atoms with Crippen molar-refractivity contribution in [2.24, 2.45) is 5.92 Å². The molecule has 1 aromatic heterocycles. The number of aromatic nitrogens is 2. The van der Waals surface area contributed by atoms with Gasteiger partial charge in [0.15, 0.2) is 11.5 Å². The van der Waals surface area contributed by atoms with Crippen molar-refractivity contribution in [1.82, 2.24) is 14.9 Å². The fraction of sp³-hybridized carbons (Fsp3) is 0.579. The Morgan fingerprint density at radius 3 is 2.63 bits per heavy atom. The summed E-state index contributed by atoms with van der Waals surface area (Å²) in [5.74, 6) is 3.01. The van der Waals surface area contributed by atoms with E-state index in [2.05, 4.69) is 20.2 Å². The number of likely N-dealkylation sites (tertiary alicyclic amines) is 1. The van der Waals surface area contributed by atoms with Gasteiger partial charge in [0.2, 0.25) is 5.75 Å². The lowest BCUT2D eigenvalue weighted by atomic mass is 10.1. The fourth-order valence-corrected chi connectivity index (χ4v) is 3.55. The smallest absolute Gasteiger partial charge is 0.205 e.